The predicted octanol–water partition coefficient (Wildman–Crippen LogP) is 1.19. The van der Waals surface area contributed by atoms with Gasteiger partial charge in [0.05, 0.1) is 12.6 Å². The van der Waals surface area contributed by atoms with Crippen LogP contribution in [-0.4, -0.2) is 34.8 Å². The van der Waals surface area contributed by atoms with Gasteiger partial charge in [-0.15, -0.1) is 0 Å². The molecule has 0 spiro atoms. The highest BCUT2D eigenvalue weighted by atomic mass is 16.2. The minimum absolute atomic E-state index is 0.0693. The zero-order chi connectivity index (χ0) is 13.8. The zero-order valence-corrected chi connectivity index (χ0v) is 11.3. The number of rotatable bonds is 4. The van der Waals surface area contributed by atoms with Crippen LogP contribution in [0, 0.1) is 6.92 Å². The normalized spacial score (nSPS) is 16.5. The lowest BCUT2D eigenvalue weighted by atomic mass is 10.1. The van der Waals surface area contributed by atoms with Crippen molar-refractivity contribution in [2.24, 2.45) is 0 Å². The van der Waals surface area contributed by atoms with Crippen LogP contribution in [-0.2, 0) is 9.59 Å². The Morgan fingerprint density at radius 2 is 2.32 bits per heavy atom. The Balaban J connectivity index is 1.87. The smallest absolute Gasteiger partial charge is 0.240 e. The van der Waals surface area contributed by atoms with Crippen LogP contribution in [0.5, 0.6) is 0 Å². The summed E-state index contributed by atoms with van der Waals surface area (Å²) < 4.78 is 0. The van der Waals surface area contributed by atoms with Crippen molar-refractivity contribution in [1.82, 2.24) is 15.2 Å². The van der Waals surface area contributed by atoms with Crippen molar-refractivity contribution >= 4 is 11.8 Å². The van der Waals surface area contributed by atoms with Crippen molar-refractivity contribution < 1.29 is 9.59 Å². The molecule has 1 atom stereocenters. The molecule has 2 heterocycles. The lowest BCUT2D eigenvalue weighted by Gasteiger charge is -2.18. The zero-order valence-electron chi connectivity index (χ0n) is 11.3. The summed E-state index contributed by atoms with van der Waals surface area (Å²) in [5, 5.41) is 2.89. The Morgan fingerprint density at radius 1 is 1.53 bits per heavy atom. The molecule has 1 aliphatic heterocycles. The van der Waals surface area contributed by atoms with Crippen LogP contribution in [0.2, 0.25) is 0 Å². The van der Waals surface area contributed by atoms with Gasteiger partial charge in [0, 0.05) is 24.9 Å². The maximum Gasteiger partial charge on any atom is 0.240 e. The number of nitrogens with one attached hydrogen (secondary N) is 1. The topological polar surface area (TPSA) is 62.3 Å². The Morgan fingerprint density at radius 3 is 2.89 bits per heavy atom. The molecule has 1 N–H and O–H groups in total. The number of hydrogen-bond acceptors (Lipinski definition) is 3. The van der Waals surface area contributed by atoms with Gasteiger partial charge in [-0.05, 0) is 31.9 Å². The number of carbonyl (C=O) groups excluding carboxylic acids is 2. The van der Waals surface area contributed by atoms with E-state index < -0.39 is 0 Å². The molecule has 2 rings (SSSR count). The monoisotopic (exact) mass is 261 g/mol. The molecule has 1 aromatic rings. The van der Waals surface area contributed by atoms with Gasteiger partial charge in [0.1, 0.15) is 0 Å². The molecule has 0 radical (unpaired) electrons. The quantitative estimate of drug-likeness (QED) is 0.885. The molecule has 2 amide bonds. The third kappa shape index (κ3) is 3.53. The van der Waals surface area contributed by atoms with Crippen molar-refractivity contribution in [2.75, 3.05) is 13.1 Å². The lowest BCUT2D eigenvalue weighted by molar-refractivity contribution is -0.133. The van der Waals surface area contributed by atoms with E-state index in [1.807, 2.05) is 26.0 Å². The predicted molar refractivity (Wildman–Crippen MR) is 71.3 cm³/mol. The summed E-state index contributed by atoms with van der Waals surface area (Å²) in [6.07, 6.45) is 3.18. The number of amides is 2. The molecule has 0 unspecified atom stereocenters. The first kappa shape index (κ1) is 13.5. The van der Waals surface area contributed by atoms with Gasteiger partial charge in [-0.1, -0.05) is 6.07 Å². The van der Waals surface area contributed by atoms with E-state index in [1.165, 1.54) is 0 Å². The second-order valence-electron chi connectivity index (χ2n) is 4.94. The second-order valence-corrected chi connectivity index (χ2v) is 4.94. The van der Waals surface area contributed by atoms with Gasteiger partial charge in [-0.3, -0.25) is 14.6 Å². The number of aromatic nitrogens is 1. The van der Waals surface area contributed by atoms with E-state index in [1.54, 1.807) is 11.1 Å². The number of likely N-dealkylation sites (tertiary alicyclic amines) is 1. The Kier molecular flexibility index (Phi) is 4.14. The van der Waals surface area contributed by atoms with E-state index in [-0.39, 0.29) is 24.4 Å². The Labute approximate surface area is 113 Å². The van der Waals surface area contributed by atoms with Crippen molar-refractivity contribution in [1.29, 1.82) is 0 Å². The minimum Gasteiger partial charge on any atom is -0.348 e. The summed E-state index contributed by atoms with van der Waals surface area (Å²) in [7, 11) is 0. The molecule has 5 nitrogen and oxygen atoms in total. The molecule has 1 fully saturated rings. The number of pyridine rings is 1. The average molecular weight is 261 g/mol. The molecule has 0 saturated carbocycles. The van der Waals surface area contributed by atoms with Gasteiger partial charge in [0.2, 0.25) is 11.8 Å². The van der Waals surface area contributed by atoms with E-state index in [9.17, 15) is 9.59 Å². The van der Waals surface area contributed by atoms with Crippen LogP contribution >= 0.6 is 0 Å². The standard InChI is InChI=1S/C14H19N3O2/c1-10-5-6-12(8-15-10)11(2)16-13(18)9-17-7-3-4-14(17)19/h5-6,8,11H,3-4,7,9H2,1-2H3,(H,16,18)/t11-/m1/s1. The Bertz CT molecular complexity index is 470. The van der Waals surface area contributed by atoms with Crippen LogP contribution in [0.15, 0.2) is 18.3 Å². The maximum absolute atomic E-state index is 11.9. The summed E-state index contributed by atoms with van der Waals surface area (Å²) in [5.74, 6) is -0.0527. The second kappa shape index (κ2) is 5.82. The first-order chi connectivity index (χ1) is 9.06. The highest BCUT2D eigenvalue weighted by molar-refractivity contribution is 5.86. The minimum atomic E-state index is -0.122. The van der Waals surface area contributed by atoms with Crippen LogP contribution in [0.25, 0.3) is 0 Å². The maximum atomic E-state index is 11.9. The first-order valence-corrected chi connectivity index (χ1v) is 6.56. The molecule has 0 aromatic carbocycles. The van der Waals surface area contributed by atoms with Gasteiger partial charge in [0.25, 0.3) is 0 Å². The van der Waals surface area contributed by atoms with Crippen LogP contribution in [0.4, 0.5) is 0 Å². The molecule has 0 aliphatic carbocycles. The highest BCUT2D eigenvalue weighted by Crippen LogP contribution is 2.12. The van der Waals surface area contributed by atoms with E-state index in [4.69, 9.17) is 0 Å². The van der Waals surface area contributed by atoms with Crippen LogP contribution in [0.3, 0.4) is 0 Å². The number of carbonyl (C=O) groups is 2. The van der Waals surface area contributed by atoms with Crippen molar-refractivity contribution in [3.05, 3.63) is 29.6 Å². The van der Waals surface area contributed by atoms with E-state index in [0.717, 1.165) is 17.7 Å². The van der Waals surface area contributed by atoms with Gasteiger partial charge >= 0.3 is 0 Å². The molecule has 19 heavy (non-hydrogen) atoms. The van der Waals surface area contributed by atoms with Gasteiger partial charge in [-0.2, -0.15) is 0 Å². The van der Waals surface area contributed by atoms with Gasteiger partial charge < -0.3 is 10.2 Å². The van der Waals surface area contributed by atoms with Crippen molar-refractivity contribution in [2.45, 2.75) is 32.7 Å². The van der Waals surface area contributed by atoms with E-state index in [2.05, 4.69) is 10.3 Å². The molecule has 102 valence electrons. The lowest BCUT2D eigenvalue weighted by Crippen LogP contribution is -2.38. The molecule has 1 saturated heterocycles. The first-order valence-electron chi connectivity index (χ1n) is 6.56. The third-order valence-corrected chi connectivity index (χ3v) is 3.32. The van der Waals surface area contributed by atoms with Crippen molar-refractivity contribution in [3.8, 4) is 0 Å². The summed E-state index contributed by atoms with van der Waals surface area (Å²) in [6.45, 7) is 4.68. The van der Waals surface area contributed by atoms with Crippen LogP contribution < -0.4 is 5.32 Å². The third-order valence-electron chi connectivity index (χ3n) is 3.32. The van der Waals surface area contributed by atoms with Crippen molar-refractivity contribution in [3.63, 3.8) is 0 Å². The molecular formula is C14H19N3O2. The summed E-state index contributed by atoms with van der Waals surface area (Å²) in [4.78, 5) is 29.1. The van der Waals surface area contributed by atoms with Gasteiger partial charge in [-0.25, -0.2) is 0 Å². The molecule has 0 bridgehead atoms. The number of nitrogens with zero attached hydrogens (tertiary/aromatic N) is 2. The fraction of sp³-hybridized carbons (Fsp3) is 0.500. The fourth-order valence-electron chi connectivity index (χ4n) is 2.15. The summed E-state index contributed by atoms with van der Waals surface area (Å²) >= 11 is 0. The molecule has 5 heteroatoms. The summed E-state index contributed by atoms with van der Waals surface area (Å²) in [6, 6.07) is 3.77. The number of hydrogen-bond donors (Lipinski definition) is 1. The van der Waals surface area contributed by atoms with E-state index in [0.29, 0.717) is 13.0 Å². The average Bonchev–Trinajstić information content (AvgIpc) is 2.75. The fourth-order valence-corrected chi connectivity index (χ4v) is 2.15. The highest BCUT2D eigenvalue weighted by Gasteiger charge is 2.22. The van der Waals surface area contributed by atoms with E-state index >= 15 is 0 Å². The molecule has 1 aromatic heterocycles. The van der Waals surface area contributed by atoms with Crippen LogP contribution in [0.1, 0.15) is 37.1 Å². The molecule has 1 aliphatic rings. The number of aryl methyl sites for hydroxylation is 1. The Hall–Kier alpha value is -1.91. The SMILES string of the molecule is Cc1ccc([C@@H](C)NC(=O)CN2CCCC2=O)cn1. The largest absolute Gasteiger partial charge is 0.348 e. The summed E-state index contributed by atoms with van der Waals surface area (Å²) in [5.41, 5.74) is 1.91. The molecular weight excluding hydrogens is 242 g/mol. The van der Waals surface area contributed by atoms with Gasteiger partial charge in [0.15, 0.2) is 0 Å².